The Labute approximate surface area is 124 Å². The zero-order chi connectivity index (χ0) is 15.8. The van der Waals surface area contributed by atoms with Gasteiger partial charge in [-0.25, -0.2) is 4.98 Å². The standard InChI is InChI=1S/C13H14F3N5O/c14-13(15,16)9-3-1-5-17-11(9)21-6-2-4-12(22,8-21)10-7-18-20-19-10/h1,3,5,7,22H,2,4,6,8H2,(H,18,19,20). The molecular weight excluding hydrogens is 299 g/mol. The van der Waals surface area contributed by atoms with Crippen molar-refractivity contribution in [1.82, 2.24) is 20.4 Å². The van der Waals surface area contributed by atoms with Gasteiger partial charge in [-0.3, -0.25) is 0 Å². The molecule has 2 aromatic rings. The third kappa shape index (κ3) is 2.63. The molecule has 0 aromatic carbocycles. The molecule has 2 N–H and O–H groups in total. The highest BCUT2D eigenvalue weighted by molar-refractivity contribution is 5.49. The van der Waals surface area contributed by atoms with Crippen LogP contribution in [0, 0.1) is 0 Å². The molecule has 0 saturated carbocycles. The highest BCUT2D eigenvalue weighted by Gasteiger charge is 2.41. The Morgan fingerprint density at radius 2 is 2.18 bits per heavy atom. The predicted octanol–water partition coefficient (Wildman–Crippen LogP) is 1.71. The number of halogens is 3. The van der Waals surface area contributed by atoms with Gasteiger partial charge in [0.2, 0.25) is 0 Å². The normalized spacial score (nSPS) is 22.8. The molecule has 1 fully saturated rings. The van der Waals surface area contributed by atoms with Gasteiger partial charge in [0.05, 0.1) is 18.3 Å². The quantitative estimate of drug-likeness (QED) is 0.882. The highest BCUT2D eigenvalue weighted by Crippen LogP contribution is 2.38. The van der Waals surface area contributed by atoms with Crippen LogP contribution in [0.2, 0.25) is 0 Å². The molecule has 1 aliphatic rings. The summed E-state index contributed by atoms with van der Waals surface area (Å²) in [5, 5.41) is 20.6. The second kappa shape index (κ2) is 5.24. The maximum absolute atomic E-state index is 13.1. The molecule has 1 atom stereocenters. The Morgan fingerprint density at radius 3 is 2.86 bits per heavy atom. The minimum absolute atomic E-state index is 0.0143. The van der Waals surface area contributed by atoms with E-state index in [9.17, 15) is 18.3 Å². The first kappa shape index (κ1) is 14.8. The molecule has 1 aliphatic heterocycles. The summed E-state index contributed by atoms with van der Waals surface area (Å²) in [6.07, 6.45) is -0.866. The fourth-order valence-corrected chi connectivity index (χ4v) is 2.72. The van der Waals surface area contributed by atoms with Gasteiger partial charge in [-0.05, 0) is 25.0 Å². The first-order chi connectivity index (χ1) is 10.4. The molecule has 3 heterocycles. The minimum Gasteiger partial charge on any atom is -0.382 e. The van der Waals surface area contributed by atoms with Crippen LogP contribution in [0.4, 0.5) is 19.0 Å². The van der Waals surface area contributed by atoms with Crippen LogP contribution in [0.15, 0.2) is 24.5 Å². The van der Waals surface area contributed by atoms with Crippen LogP contribution in [-0.4, -0.2) is 38.6 Å². The number of pyridine rings is 1. The Balaban J connectivity index is 1.93. The Hall–Kier alpha value is -2.16. The van der Waals surface area contributed by atoms with Crippen LogP contribution in [0.5, 0.6) is 0 Å². The Bertz CT molecular complexity index is 645. The van der Waals surface area contributed by atoms with E-state index in [0.717, 1.165) is 6.07 Å². The molecule has 1 saturated heterocycles. The molecule has 0 bridgehead atoms. The van der Waals surface area contributed by atoms with Crippen molar-refractivity contribution in [3.63, 3.8) is 0 Å². The van der Waals surface area contributed by atoms with Crippen LogP contribution < -0.4 is 4.90 Å². The summed E-state index contributed by atoms with van der Waals surface area (Å²) in [4.78, 5) is 5.31. The summed E-state index contributed by atoms with van der Waals surface area (Å²) in [5.74, 6) is -0.170. The molecule has 118 valence electrons. The fourth-order valence-electron chi connectivity index (χ4n) is 2.72. The van der Waals surface area contributed by atoms with Crippen LogP contribution in [0.1, 0.15) is 24.1 Å². The molecule has 0 radical (unpaired) electrons. The zero-order valence-corrected chi connectivity index (χ0v) is 11.5. The minimum atomic E-state index is -4.49. The fraction of sp³-hybridized carbons (Fsp3) is 0.462. The van der Waals surface area contributed by atoms with Gasteiger partial charge >= 0.3 is 6.18 Å². The SMILES string of the molecule is OC1(c2cn[nH]n2)CCCN(c2ncccc2C(F)(F)F)C1. The van der Waals surface area contributed by atoms with E-state index in [1.54, 1.807) is 0 Å². The molecule has 0 amide bonds. The summed E-state index contributed by atoms with van der Waals surface area (Å²) in [7, 11) is 0. The number of anilines is 1. The largest absolute Gasteiger partial charge is 0.419 e. The number of nitrogens with one attached hydrogen (secondary N) is 1. The number of aromatic amines is 1. The zero-order valence-electron chi connectivity index (χ0n) is 11.5. The van der Waals surface area contributed by atoms with Crippen LogP contribution in [0.3, 0.4) is 0 Å². The Morgan fingerprint density at radius 1 is 1.36 bits per heavy atom. The lowest BCUT2D eigenvalue weighted by Gasteiger charge is -2.39. The first-order valence-corrected chi connectivity index (χ1v) is 6.76. The van der Waals surface area contributed by atoms with Gasteiger partial charge in [-0.1, -0.05) is 0 Å². The van der Waals surface area contributed by atoms with Crippen molar-refractivity contribution in [3.8, 4) is 0 Å². The number of β-amino-alcohol motifs (C(OH)–C–C–N with tert-alkyl or cyclic N) is 1. The molecule has 0 spiro atoms. The van der Waals surface area contributed by atoms with Gasteiger partial charge in [-0.2, -0.15) is 28.6 Å². The molecule has 1 unspecified atom stereocenters. The molecule has 2 aromatic heterocycles. The van der Waals surface area contributed by atoms with E-state index in [2.05, 4.69) is 20.4 Å². The molecule has 6 nitrogen and oxygen atoms in total. The lowest BCUT2D eigenvalue weighted by molar-refractivity contribution is -0.137. The lowest BCUT2D eigenvalue weighted by Crippen LogP contribution is -2.47. The number of piperidine rings is 1. The second-order valence-electron chi connectivity index (χ2n) is 5.28. The molecule has 3 rings (SSSR count). The summed E-state index contributed by atoms with van der Waals surface area (Å²) < 4.78 is 39.3. The molecule has 9 heteroatoms. The van der Waals surface area contributed by atoms with Crippen molar-refractivity contribution in [2.24, 2.45) is 0 Å². The maximum atomic E-state index is 13.1. The number of aromatic nitrogens is 4. The van der Waals surface area contributed by atoms with E-state index in [4.69, 9.17) is 0 Å². The van der Waals surface area contributed by atoms with E-state index in [1.165, 1.54) is 23.4 Å². The number of H-pyrrole nitrogens is 1. The number of rotatable bonds is 2. The topological polar surface area (TPSA) is 77.9 Å². The van der Waals surface area contributed by atoms with E-state index in [-0.39, 0.29) is 12.4 Å². The summed E-state index contributed by atoms with van der Waals surface area (Å²) in [6.45, 7) is 0.375. The third-order valence-corrected chi connectivity index (χ3v) is 3.75. The van der Waals surface area contributed by atoms with Gasteiger partial charge in [0, 0.05) is 12.7 Å². The highest BCUT2D eigenvalue weighted by atomic mass is 19.4. The number of hydrogen-bond donors (Lipinski definition) is 2. The van der Waals surface area contributed by atoms with E-state index in [0.29, 0.717) is 25.1 Å². The number of nitrogens with zero attached hydrogens (tertiary/aromatic N) is 4. The van der Waals surface area contributed by atoms with E-state index in [1.807, 2.05) is 0 Å². The number of alkyl halides is 3. The smallest absolute Gasteiger partial charge is 0.382 e. The average Bonchev–Trinajstić information content (AvgIpc) is 3.01. The summed E-state index contributed by atoms with van der Waals surface area (Å²) in [6, 6.07) is 2.24. The van der Waals surface area contributed by atoms with E-state index < -0.39 is 17.3 Å². The first-order valence-electron chi connectivity index (χ1n) is 6.76. The van der Waals surface area contributed by atoms with Gasteiger partial charge in [0.25, 0.3) is 0 Å². The lowest BCUT2D eigenvalue weighted by atomic mass is 9.90. The third-order valence-electron chi connectivity index (χ3n) is 3.75. The van der Waals surface area contributed by atoms with Gasteiger partial charge in [-0.15, -0.1) is 0 Å². The maximum Gasteiger partial charge on any atom is 0.419 e. The van der Waals surface area contributed by atoms with Crippen molar-refractivity contribution in [1.29, 1.82) is 0 Å². The second-order valence-corrected chi connectivity index (χ2v) is 5.28. The van der Waals surface area contributed by atoms with Gasteiger partial charge < -0.3 is 10.0 Å². The van der Waals surface area contributed by atoms with Crippen LogP contribution in [0.25, 0.3) is 0 Å². The molecule has 22 heavy (non-hydrogen) atoms. The van der Waals surface area contributed by atoms with Gasteiger partial charge in [0.15, 0.2) is 0 Å². The molecule has 0 aliphatic carbocycles. The van der Waals surface area contributed by atoms with Crippen LogP contribution >= 0.6 is 0 Å². The van der Waals surface area contributed by atoms with Crippen molar-refractivity contribution in [3.05, 3.63) is 35.8 Å². The van der Waals surface area contributed by atoms with Crippen molar-refractivity contribution < 1.29 is 18.3 Å². The van der Waals surface area contributed by atoms with Crippen molar-refractivity contribution >= 4 is 5.82 Å². The summed E-state index contributed by atoms with van der Waals surface area (Å²) in [5.41, 5.74) is -1.83. The number of aliphatic hydroxyl groups is 1. The molecular formula is C13H14F3N5O. The van der Waals surface area contributed by atoms with E-state index >= 15 is 0 Å². The van der Waals surface area contributed by atoms with Crippen LogP contribution in [-0.2, 0) is 11.8 Å². The van der Waals surface area contributed by atoms with Gasteiger partial charge in [0.1, 0.15) is 17.1 Å². The summed E-state index contributed by atoms with van der Waals surface area (Å²) >= 11 is 0. The monoisotopic (exact) mass is 313 g/mol. The average molecular weight is 313 g/mol. The predicted molar refractivity (Wildman–Crippen MR) is 71.0 cm³/mol. The number of hydrogen-bond acceptors (Lipinski definition) is 5. The van der Waals surface area contributed by atoms with Crippen molar-refractivity contribution in [2.75, 3.05) is 18.0 Å². The van der Waals surface area contributed by atoms with Crippen molar-refractivity contribution in [2.45, 2.75) is 24.6 Å². The Kier molecular flexibility index (Phi) is 3.51.